The van der Waals surface area contributed by atoms with Gasteiger partial charge in [-0.1, -0.05) is 20.3 Å². The number of carboxylic acids is 1. The molecule has 0 aromatic heterocycles. The molecule has 0 fully saturated rings. The van der Waals surface area contributed by atoms with E-state index in [9.17, 15) is 39.0 Å². The van der Waals surface area contributed by atoms with E-state index in [-0.39, 0.29) is 25.7 Å². The number of hydrogen-bond donors (Lipinski definition) is 8. The second-order valence-electron chi connectivity index (χ2n) is 8.11. The standard InChI is InChI=1S/C20H36N6O8/c1-4-9(2)15(20(33)34)25-19(32)16(10(3)27)26-18(31)12(6-8-14(23)29)24-17(30)11(21)5-7-13(22)28/h9-12,15-16,27H,4-8,21H2,1-3H3,(H2,22,28)(H2,23,29)(H,24,30)(H,25,32)(H,26,31)(H,33,34). The van der Waals surface area contributed by atoms with Crippen molar-refractivity contribution in [3.05, 3.63) is 0 Å². The van der Waals surface area contributed by atoms with Crippen LogP contribution < -0.4 is 33.2 Å². The monoisotopic (exact) mass is 488 g/mol. The van der Waals surface area contributed by atoms with Gasteiger partial charge in [-0.15, -0.1) is 0 Å². The minimum atomic E-state index is -1.56. The Bertz CT molecular complexity index is 759. The van der Waals surface area contributed by atoms with Gasteiger partial charge in [-0.3, -0.25) is 24.0 Å². The lowest BCUT2D eigenvalue weighted by Crippen LogP contribution is -2.60. The first-order valence-electron chi connectivity index (χ1n) is 10.8. The Morgan fingerprint density at radius 2 is 1.29 bits per heavy atom. The second-order valence-corrected chi connectivity index (χ2v) is 8.11. The van der Waals surface area contributed by atoms with Gasteiger partial charge in [0.05, 0.1) is 12.1 Å². The molecule has 0 radical (unpaired) electrons. The lowest BCUT2D eigenvalue weighted by molar-refractivity contribution is -0.144. The van der Waals surface area contributed by atoms with Crippen LogP contribution in [0.25, 0.3) is 0 Å². The predicted octanol–water partition coefficient (Wildman–Crippen LogP) is -3.19. The first kappa shape index (κ1) is 30.7. The van der Waals surface area contributed by atoms with E-state index in [1.165, 1.54) is 6.92 Å². The van der Waals surface area contributed by atoms with Crippen LogP contribution in [0.5, 0.6) is 0 Å². The molecule has 0 rings (SSSR count). The van der Waals surface area contributed by atoms with Crippen LogP contribution in [0.3, 0.4) is 0 Å². The molecule has 0 aliphatic heterocycles. The normalized spacial score (nSPS) is 16.1. The van der Waals surface area contributed by atoms with Crippen LogP contribution >= 0.6 is 0 Å². The SMILES string of the molecule is CCC(C)C(NC(=O)C(NC(=O)C(CCC(N)=O)NC(=O)C(N)CCC(N)=O)C(C)O)C(=O)O. The number of rotatable bonds is 16. The van der Waals surface area contributed by atoms with Crippen LogP contribution in [-0.4, -0.2) is 76.0 Å². The lowest BCUT2D eigenvalue weighted by atomic mass is 9.98. The number of amides is 5. The molecule has 0 saturated carbocycles. The summed E-state index contributed by atoms with van der Waals surface area (Å²) in [7, 11) is 0. The summed E-state index contributed by atoms with van der Waals surface area (Å²) < 4.78 is 0. The highest BCUT2D eigenvalue weighted by molar-refractivity contribution is 5.94. The minimum Gasteiger partial charge on any atom is -0.480 e. The van der Waals surface area contributed by atoms with Gasteiger partial charge in [0.2, 0.25) is 29.5 Å². The minimum absolute atomic E-state index is 0.0871. The summed E-state index contributed by atoms with van der Waals surface area (Å²) in [5.74, 6) is -5.85. The Labute approximate surface area is 197 Å². The summed E-state index contributed by atoms with van der Waals surface area (Å²) >= 11 is 0. The van der Waals surface area contributed by atoms with E-state index in [4.69, 9.17) is 17.2 Å². The average Bonchev–Trinajstić information content (AvgIpc) is 2.74. The van der Waals surface area contributed by atoms with E-state index >= 15 is 0 Å². The third-order valence-electron chi connectivity index (χ3n) is 5.19. The van der Waals surface area contributed by atoms with Crippen molar-refractivity contribution in [1.82, 2.24) is 16.0 Å². The summed E-state index contributed by atoms with van der Waals surface area (Å²) in [5, 5.41) is 26.3. The maximum absolute atomic E-state index is 12.8. The fourth-order valence-electron chi connectivity index (χ4n) is 2.85. The topological polar surface area (TPSA) is 257 Å². The van der Waals surface area contributed by atoms with Gasteiger partial charge in [-0.25, -0.2) is 4.79 Å². The Kier molecular flexibility index (Phi) is 13.4. The van der Waals surface area contributed by atoms with Crippen molar-refractivity contribution in [3.63, 3.8) is 0 Å². The van der Waals surface area contributed by atoms with Gasteiger partial charge in [0, 0.05) is 12.8 Å². The van der Waals surface area contributed by atoms with Gasteiger partial charge in [-0.2, -0.15) is 0 Å². The molecule has 6 atom stereocenters. The zero-order chi connectivity index (χ0) is 26.6. The van der Waals surface area contributed by atoms with Crippen molar-refractivity contribution >= 4 is 35.5 Å². The van der Waals surface area contributed by atoms with Crippen LogP contribution in [0.2, 0.25) is 0 Å². The van der Waals surface area contributed by atoms with Crippen molar-refractivity contribution in [2.24, 2.45) is 23.1 Å². The molecule has 0 aromatic rings. The number of carbonyl (C=O) groups is 6. The summed E-state index contributed by atoms with van der Waals surface area (Å²) in [6.07, 6.45) is -1.78. The summed E-state index contributed by atoms with van der Waals surface area (Å²) in [6, 6.07) is -5.36. The van der Waals surface area contributed by atoms with E-state index < -0.39 is 71.7 Å². The summed E-state index contributed by atoms with van der Waals surface area (Å²) in [5.41, 5.74) is 15.8. The Balaban J connectivity index is 5.51. The van der Waals surface area contributed by atoms with Crippen LogP contribution in [-0.2, 0) is 28.8 Å². The molecule has 11 N–H and O–H groups in total. The fourth-order valence-corrected chi connectivity index (χ4v) is 2.85. The number of aliphatic hydroxyl groups excluding tert-OH is 1. The van der Waals surface area contributed by atoms with Crippen LogP contribution in [0.15, 0.2) is 0 Å². The third-order valence-corrected chi connectivity index (χ3v) is 5.19. The molecule has 0 aliphatic rings. The van der Waals surface area contributed by atoms with Crippen LogP contribution in [0.4, 0.5) is 0 Å². The van der Waals surface area contributed by atoms with E-state index in [0.717, 1.165) is 0 Å². The third kappa shape index (κ3) is 11.0. The highest BCUT2D eigenvalue weighted by atomic mass is 16.4. The largest absolute Gasteiger partial charge is 0.480 e. The van der Waals surface area contributed by atoms with E-state index in [2.05, 4.69) is 16.0 Å². The number of nitrogens with one attached hydrogen (secondary N) is 3. The van der Waals surface area contributed by atoms with Gasteiger partial charge >= 0.3 is 5.97 Å². The van der Waals surface area contributed by atoms with Gasteiger partial charge in [-0.05, 0) is 25.7 Å². The first-order valence-corrected chi connectivity index (χ1v) is 10.8. The zero-order valence-corrected chi connectivity index (χ0v) is 19.6. The molecule has 0 heterocycles. The number of aliphatic carboxylic acids is 1. The van der Waals surface area contributed by atoms with Gasteiger partial charge in [0.1, 0.15) is 18.1 Å². The van der Waals surface area contributed by atoms with Crippen LogP contribution in [0, 0.1) is 5.92 Å². The average molecular weight is 489 g/mol. The lowest BCUT2D eigenvalue weighted by Gasteiger charge is -2.27. The van der Waals surface area contributed by atoms with E-state index in [0.29, 0.717) is 6.42 Å². The molecule has 0 aliphatic carbocycles. The molecule has 0 spiro atoms. The number of primary amides is 2. The quantitative estimate of drug-likeness (QED) is 0.109. The molecule has 0 bridgehead atoms. The smallest absolute Gasteiger partial charge is 0.326 e. The summed E-state index contributed by atoms with van der Waals surface area (Å²) in [6.45, 7) is 4.56. The van der Waals surface area contributed by atoms with E-state index in [1.54, 1.807) is 13.8 Å². The maximum Gasteiger partial charge on any atom is 0.326 e. The molecule has 34 heavy (non-hydrogen) atoms. The van der Waals surface area contributed by atoms with Crippen molar-refractivity contribution in [3.8, 4) is 0 Å². The molecule has 14 nitrogen and oxygen atoms in total. The number of nitrogens with two attached hydrogens (primary N) is 3. The van der Waals surface area contributed by atoms with Gasteiger partial charge in [0.15, 0.2) is 0 Å². The first-order chi connectivity index (χ1) is 15.7. The number of hydrogen-bond acceptors (Lipinski definition) is 8. The molecule has 14 heteroatoms. The molecule has 0 aromatic carbocycles. The highest BCUT2D eigenvalue weighted by Crippen LogP contribution is 2.09. The van der Waals surface area contributed by atoms with Crippen molar-refractivity contribution in [1.29, 1.82) is 0 Å². The number of carboxylic acid groups (broad SMARTS) is 1. The fraction of sp³-hybridized carbons (Fsp3) is 0.700. The molecule has 194 valence electrons. The molecule has 5 amide bonds. The number of aliphatic hydroxyl groups is 1. The molecular formula is C20H36N6O8. The Hall–Kier alpha value is -3.26. The van der Waals surface area contributed by atoms with Crippen molar-refractivity contribution in [2.45, 2.75) is 83.1 Å². The molecule has 6 unspecified atom stereocenters. The second kappa shape index (κ2) is 14.8. The highest BCUT2D eigenvalue weighted by Gasteiger charge is 2.34. The Morgan fingerprint density at radius 1 is 0.794 bits per heavy atom. The maximum atomic E-state index is 12.8. The molecule has 0 saturated heterocycles. The van der Waals surface area contributed by atoms with Gasteiger partial charge in [0.25, 0.3) is 0 Å². The molecular weight excluding hydrogens is 452 g/mol. The van der Waals surface area contributed by atoms with Crippen molar-refractivity contribution < 1.29 is 39.0 Å². The number of carbonyl (C=O) groups excluding carboxylic acids is 5. The zero-order valence-electron chi connectivity index (χ0n) is 19.6. The van der Waals surface area contributed by atoms with Crippen molar-refractivity contribution in [2.75, 3.05) is 0 Å². The summed E-state index contributed by atoms with van der Waals surface area (Å²) in [4.78, 5) is 71.3. The van der Waals surface area contributed by atoms with Gasteiger partial charge < -0.3 is 43.4 Å². The Morgan fingerprint density at radius 3 is 1.74 bits per heavy atom. The van der Waals surface area contributed by atoms with Crippen LogP contribution in [0.1, 0.15) is 52.9 Å². The predicted molar refractivity (Wildman–Crippen MR) is 119 cm³/mol. The van der Waals surface area contributed by atoms with E-state index in [1.807, 2.05) is 0 Å².